The summed E-state index contributed by atoms with van der Waals surface area (Å²) in [5, 5.41) is 26.8. The molecule has 2 aromatic carbocycles. The molecule has 1 N–H and O–H groups in total. The number of benzene rings is 2. The number of hydrogen-bond acceptors (Lipinski definition) is 7. The first kappa shape index (κ1) is 25.1. The minimum Gasteiger partial charge on any atom is -0.463 e. The molecule has 9 nitrogen and oxygen atoms in total. The molecule has 0 bridgehead atoms. The summed E-state index contributed by atoms with van der Waals surface area (Å²) in [5.74, 6) is -2.00. The van der Waals surface area contributed by atoms with E-state index < -0.39 is 21.7 Å². The van der Waals surface area contributed by atoms with Crippen LogP contribution in [0.3, 0.4) is 0 Å². The summed E-state index contributed by atoms with van der Waals surface area (Å²) in [6.45, 7) is 3.22. The standard InChI is InChI=1S/C24H24BrN3O6/c1-3-34-24(29)22-19(14-13-18(25)16-9-5-4-6-10-16)26-15(2)23(28(32)33)21(22)17-11-7-8-12-20(17)27(30)31/h4-12,18,21,26H,3,13-14H2,1-2H3. The number of rotatable bonds is 9. The van der Waals surface area contributed by atoms with Gasteiger partial charge in [0.05, 0.1) is 27.7 Å². The third-order valence-electron chi connectivity index (χ3n) is 5.56. The van der Waals surface area contributed by atoms with Crippen molar-refractivity contribution in [1.82, 2.24) is 5.32 Å². The highest BCUT2D eigenvalue weighted by molar-refractivity contribution is 9.09. The molecule has 1 aliphatic rings. The van der Waals surface area contributed by atoms with Crippen LogP contribution in [0, 0.1) is 20.2 Å². The first-order chi connectivity index (χ1) is 16.3. The van der Waals surface area contributed by atoms with Crippen LogP contribution in [-0.2, 0) is 9.53 Å². The third kappa shape index (κ3) is 5.33. The number of para-hydroxylation sites is 1. The van der Waals surface area contributed by atoms with Crippen molar-refractivity contribution in [2.45, 2.75) is 37.4 Å². The average Bonchev–Trinajstić information content (AvgIpc) is 2.82. The molecule has 34 heavy (non-hydrogen) atoms. The second-order valence-corrected chi connectivity index (χ2v) is 8.78. The number of nitrogens with zero attached hydrogens (tertiary/aromatic N) is 2. The summed E-state index contributed by atoms with van der Waals surface area (Å²) in [4.78, 5) is 35.7. The second-order valence-electron chi connectivity index (χ2n) is 7.67. The summed E-state index contributed by atoms with van der Waals surface area (Å²) in [5.41, 5.74) is 1.18. The monoisotopic (exact) mass is 529 g/mol. The Morgan fingerprint density at radius 3 is 2.35 bits per heavy atom. The Morgan fingerprint density at radius 2 is 1.74 bits per heavy atom. The summed E-state index contributed by atoms with van der Waals surface area (Å²) in [6, 6.07) is 15.5. The SMILES string of the molecule is CCOC(=O)C1=C(CCC(Br)c2ccccc2)NC(C)=C([N+](=O)[O-])C1c1ccccc1[N+](=O)[O-]. The summed E-state index contributed by atoms with van der Waals surface area (Å²) < 4.78 is 5.25. The topological polar surface area (TPSA) is 125 Å². The van der Waals surface area contributed by atoms with Crippen molar-refractivity contribution < 1.29 is 19.4 Å². The molecular weight excluding hydrogens is 506 g/mol. The molecule has 10 heteroatoms. The number of allylic oxidation sites excluding steroid dienone is 3. The van der Waals surface area contributed by atoms with Crippen molar-refractivity contribution >= 4 is 27.6 Å². The lowest BCUT2D eigenvalue weighted by Gasteiger charge is -2.28. The number of nitro benzene ring substituents is 1. The maximum absolute atomic E-state index is 13.1. The van der Waals surface area contributed by atoms with E-state index in [-0.39, 0.29) is 39.7 Å². The van der Waals surface area contributed by atoms with Crippen LogP contribution in [-0.4, -0.2) is 22.4 Å². The van der Waals surface area contributed by atoms with Crippen molar-refractivity contribution in [3.05, 3.63) is 109 Å². The molecule has 2 unspecified atom stereocenters. The van der Waals surface area contributed by atoms with Gasteiger partial charge in [0.25, 0.3) is 11.4 Å². The Morgan fingerprint density at radius 1 is 1.09 bits per heavy atom. The van der Waals surface area contributed by atoms with Crippen LogP contribution < -0.4 is 5.32 Å². The molecule has 1 aliphatic heterocycles. The van der Waals surface area contributed by atoms with Gasteiger partial charge in [0, 0.05) is 22.2 Å². The third-order valence-corrected chi connectivity index (χ3v) is 6.54. The van der Waals surface area contributed by atoms with Gasteiger partial charge in [-0.1, -0.05) is 64.5 Å². The highest BCUT2D eigenvalue weighted by Crippen LogP contribution is 2.43. The lowest BCUT2D eigenvalue weighted by Crippen LogP contribution is -2.33. The predicted molar refractivity (Wildman–Crippen MR) is 130 cm³/mol. The Hall–Kier alpha value is -3.53. The van der Waals surface area contributed by atoms with Crippen molar-refractivity contribution in [3.8, 4) is 0 Å². The number of halogens is 1. The molecule has 2 aromatic rings. The maximum atomic E-state index is 13.1. The zero-order valence-electron chi connectivity index (χ0n) is 18.7. The quantitative estimate of drug-likeness (QED) is 0.196. The number of carbonyl (C=O) groups is 1. The first-order valence-electron chi connectivity index (χ1n) is 10.7. The maximum Gasteiger partial charge on any atom is 0.337 e. The van der Waals surface area contributed by atoms with Gasteiger partial charge < -0.3 is 10.1 Å². The Labute approximate surface area is 204 Å². The number of nitro groups is 2. The van der Waals surface area contributed by atoms with Crippen molar-refractivity contribution in [2.75, 3.05) is 6.61 Å². The van der Waals surface area contributed by atoms with E-state index in [1.807, 2.05) is 30.3 Å². The molecule has 1 heterocycles. The van der Waals surface area contributed by atoms with Crippen LogP contribution in [0.4, 0.5) is 5.69 Å². The van der Waals surface area contributed by atoms with Crippen LogP contribution in [0.25, 0.3) is 0 Å². The summed E-state index contributed by atoms with van der Waals surface area (Å²) in [7, 11) is 0. The van der Waals surface area contributed by atoms with Gasteiger partial charge in [-0.2, -0.15) is 0 Å². The van der Waals surface area contributed by atoms with Gasteiger partial charge in [0.15, 0.2) is 0 Å². The first-order valence-corrected chi connectivity index (χ1v) is 11.6. The number of ether oxygens (including phenoxy) is 1. The molecule has 0 radical (unpaired) electrons. The molecule has 0 saturated carbocycles. The number of carbonyl (C=O) groups excluding carboxylic acids is 1. The van der Waals surface area contributed by atoms with E-state index in [1.165, 1.54) is 25.1 Å². The van der Waals surface area contributed by atoms with Crippen LogP contribution in [0.1, 0.15) is 48.6 Å². The number of hydrogen-bond donors (Lipinski definition) is 1. The molecule has 0 spiro atoms. The molecule has 0 fully saturated rings. The number of alkyl halides is 1. The van der Waals surface area contributed by atoms with Gasteiger partial charge in [-0.3, -0.25) is 20.2 Å². The van der Waals surface area contributed by atoms with Gasteiger partial charge in [0.1, 0.15) is 5.92 Å². The molecule has 0 aromatic heterocycles. The van der Waals surface area contributed by atoms with E-state index in [0.717, 1.165) is 5.56 Å². The Kier molecular flexibility index (Phi) is 8.17. The molecule has 0 amide bonds. The van der Waals surface area contributed by atoms with E-state index in [1.54, 1.807) is 13.0 Å². The smallest absolute Gasteiger partial charge is 0.337 e. The second kappa shape index (κ2) is 11.1. The van der Waals surface area contributed by atoms with Crippen molar-refractivity contribution in [1.29, 1.82) is 0 Å². The average molecular weight is 530 g/mol. The van der Waals surface area contributed by atoms with E-state index in [4.69, 9.17) is 4.74 Å². The molecule has 0 aliphatic carbocycles. The fourth-order valence-corrected chi connectivity index (χ4v) is 4.61. The van der Waals surface area contributed by atoms with Gasteiger partial charge in [0.2, 0.25) is 0 Å². The highest BCUT2D eigenvalue weighted by Gasteiger charge is 2.44. The van der Waals surface area contributed by atoms with E-state index in [0.29, 0.717) is 18.5 Å². The van der Waals surface area contributed by atoms with Crippen LogP contribution in [0.15, 0.2) is 77.3 Å². The number of dihydropyridines is 1. The largest absolute Gasteiger partial charge is 0.463 e. The zero-order valence-corrected chi connectivity index (χ0v) is 20.3. The zero-order chi connectivity index (χ0) is 24.8. The molecule has 2 atom stereocenters. The minimum absolute atomic E-state index is 0.0150. The Bertz CT molecular complexity index is 1160. The van der Waals surface area contributed by atoms with Crippen molar-refractivity contribution in [2.24, 2.45) is 0 Å². The molecular formula is C24H24BrN3O6. The highest BCUT2D eigenvalue weighted by atomic mass is 79.9. The van der Waals surface area contributed by atoms with Crippen LogP contribution >= 0.6 is 15.9 Å². The molecule has 0 saturated heterocycles. The molecule has 3 rings (SSSR count). The van der Waals surface area contributed by atoms with Gasteiger partial charge in [-0.15, -0.1) is 0 Å². The number of nitrogens with one attached hydrogen (secondary N) is 1. The van der Waals surface area contributed by atoms with Gasteiger partial charge in [-0.25, -0.2) is 4.79 Å². The van der Waals surface area contributed by atoms with Crippen LogP contribution in [0.5, 0.6) is 0 Å². The van der Waals surface area contributed by atoms with Gasteiger partial charge >= 0.3 is 5.97 Å². The van der Waals surface area contributed by atoms with Gasteiger partial charge in [-0.05, 0) is 32.3 Å². The lowest BCUT2D eigenvalue weighted by molar-refractivity contribution is -0.431. The minimum atomic E-state index is -1.25. The fraction of sp³-hybridized carbons (Fsp3) is 0.292. The lowest BCUT2D eigenvalue weighted by atomic mass is 9.82. The normalized spacial score (nSPS) is 16.6. The Balaban J connectivity index is 2.13. The summed E-state index contributed by atoms with van der Waals surface area (Å²) >= 11 is 3.67. The molecule has 178 valence electrons. The summed E-state index contributed by atoms with van der Waals surface area (Å²) in [6.07, 6.45) is 0.929. The van der Waals surface area contributed by atoms with E-state index >= 15 is 0 Å². The van der Waals surface area contributed by atoms with E-state index in [2.05, 4.69) is 21.2 Å². The van der Waals surface area contributed by atoms with Crippen LogP contribution in [0.2, 0.25) is 0 Å². The number of esters is 1. The van der Waals surface area contributed by atoms with Crippen molar-refractivity contribution in [3.63, 3.8) is 0 Å². The predicted octanol–water partition coefficient (Wildman–Crippen LogP) is 5.52. The fourth-order valence-electron chi connectivity index (χ4n) is 4.07. The van der Waals surface area contributed by atoms with E-state index in [9.17, 15) is 25.0 Å².